The summed E-state index contributed by atoms with van der Waals surface area (Å²) in [5.41, 5.74) is 4.11. The smallest absolute Gasteiger partial charge is 0.207 e. The van der Waals surface area contributed by atoms with Gasteiger partial charge in [0.15, 0.2) is 0 Å². The Morgan fingerprint density at radius 2 is 2.20 bits per heavy atom. The Kier molecular flexibility index (Phi) is 4.02. The SMILES string of the molecule is COCCCn1ccnc1Nc1ccc2c(c1)CCC2. The van der Waals surface area contributed by atoms with Gasteiger partial charge in [0.05, 0.1) is 0 Å². The number of imidazole rings is 1. The third-order valence-corrected chi connectivity index (χ3v) is 3.82. The van der Waals surface area contributed by atoms with Crippen LogP contribution in [-0.2, 0) is 24.1 Å². The quantitative estimate of drug-likeness (QED) is 0.820. The summed E-state index contributed by atoms with van der Waals surface area (Å²) in [7, 11) is 1.73. The lowest BCUT2D eigenvalue weighted by Gasteiger charge is -2.11. The van der Waals surface area contributed by atoms with Gasteiger partial charge in [-0.1, -0.05) is 6.07 Å². The summed E-state index contributed by atoms with van der Waals surface area (Å²) < 4.78 is 7.23. The Bertz CT molecular complexity index is 577. The molecule has 1 aliphatic carbocycles. The number of methoxy groups -OCH3 is 1. The Morgan fingerprint density at radius 3 is 3.10 bits per heavy atom. The third kappa shape index (κ3) is 2.85. The van der Waals surface area contributed by atoms with Crippen LogP contribution < -0.4 is 5.32 Å². The number of hydrogen-bond acceptors (Lipinski definition) is 3. The van der Waals surface area contributed by atoms with Gasteiger partial charge in [0.25, 0.3) is 0 Å². The number of rotatable bonds is 6. The van der Waals surface area contributed by atoms with Crippen LogP contribution in [0.4, 0.5) is 11.6 Å². The molecule has 0 aliphatic heterocycles. The Morgan fingerprint density at radius 1 is 1.30 bits per heavy atom. The van der Waals surface area contributed by atoms with Crippen LogP contribution in [0.25, 0.3) is 0 Å². The van der Waals surface area contributed by atoms with Crippen LogP contribution >= 0.6 is 0 Å². The number of nitrogens with one attached hydrogen (secondary N) is 1. The average molecular weight is 271 g/mol. The van der Waals surface area contributed by atoms with E-state index < -0.39 is 0 Å². The fourth-order valence-corrected chi connectivity index (χ4v) is 2.77. The molecule has 1 N–H and O–H groups in total. The molecule has 1 aliphatic rings. The second-order valence-corrected chi connectivity index (χ2v) is 5.25. The minimum absolute atomic E-state index is 0.774. The molecule has 0 fully saturated rings. The highest BCUT2D eigenvalue weighted by molar-refractivity contribution is 5.57. The molecule has 0 atom stereocenters. The van der Waals surface area contributed by atoms with E-state index in [9.17, 15) is 0 Å². The van der Waals surface area contributed by atoms with E-state index in [4.69, 9.17) is 4.74 Å². The molecule has 0 unspecified atom stereocenters. The zero-order chi connectivity index (χ0) is 13.8. The first-order valence-electron chi connectivity index (χ1n) is 7.26. The van der Waals surface area contributed by atoms with Crippen molar-refractivity contribution in [2.45, 2.75) is 32.2 Å². The van der Waals surface area contributed by atoms with Crippen LogP contribution in [0, 0.1) is 0 Å². The topological polar surface area (TPSA) is 39.1 Å². The summed E-state index contributed by atoms with van der Waals surface area (Å²) in [5, 5.41) is 3.42. The van der Waals surface area contributed by atoms with Crippen molar-refractivity contribution >= 4 is 11.6 Å². The van der Waals surface area contributed by atoms with Gasteiger partial charge in [-0.15, -0.1) is 0 Å². The Balaban J connectivity index is 1.70. The Hall–Kier alpha value is -1.81. The lowest BCUT2D eigenvalue weighted by atomic mass is 10.1. The lowest BCUT2D eigenvalue weighted by Crippen LogP contribution is -2.05. The molecule has 0 saturated heterocycles. The van der Waals surface area contributed by atoms with Gasteiger partial charge >= 0.3 is 0 Å². The molecule has 0 spiro atoms. The minimum atomic E-state index is 0.774. The highest BCUT2D eigenvalue weighted by Crippen LogP contribution is 2.26. The molecule has 0 amide bonds. The normalized spacial score (nSPS) is 13.4. The van der Waals surface area contributed by atoms with E-state index in [2.05, 4.69) is 33.1 Å². The highest BCUT2D eigenvalue weighted by atomic mass is 16.5. The molecule has 2 aromatic rings. The van der Waals surface area contributed by atoms with E-state index in [0.29, 0.717) is 0 Å². The second kappa shape index (κ2) is 6.09. The van der Waals surface area contributed by atoms with Crippen molar-refractivity contribution in [2.24, 2.45) is 0 Å². The maximum Gasteiger partial charge on any atom is 0.207 e. The van der Waals surface area contributed by atoms with Crippen molar-refractivity contribution in [3.8, 4) is 0 Å². The van der Waals surface area contributed by atoms with E-state index in [1.807, 2.05) is 12.4 Å². The van der Waals surface area contributed by atoms with Crippen LogP contribution in [-0.4, -0.2) is 23.3 Å². The van der Waals surface area contributed by atoms with Gasteiger partial charge in [0.2, 0.25) is 5.95 Å². The van der Waals surface area contributed by atoms with Crippen molar-refractivity contribution in [2.75, 3.05) is 19.0 Å². The average Bonchev–Trinajstić information content (AvgIpc) is 3.08. The number of ether oxygens (including phenoxy) is 1. The van der Waals surface area contributed by atoms with E-state index in [0.717, 1.165) is 31.2 Å². The van der Waals surface area contributed by atoms with E-state index >= 15 is 0 Å². The molecule has 4 nitrogen and oxygen atoms in total. The molecule has 1 heterocycles. The summed E-state index contributed by atoms with van der Waals surface area (Å²) in [6.07, 6.45) is 8.54. The molecule has 1 aromatic heterocycles. The zero-order valence-corrected chi connectivity index (χ0v) is 11.9. The molecule has 0 saturated carbocycles. The molecule has 0 bridgehead atoms. The molecule has 1 aromatic carbocycles. The third-order valence-electron chi connectivity index (χ3n) is 3.82. The van der Waals surface area contributed by atoms with Gasteiger partial charge in [-0.05, 0) is 48.9 Å². The predicted octanol–water partition coefficient (Wildman–Crippen LogP) is 3.15. The van der Waals surface area contributed by atoms with Gasteiger partial charge < -0.3 is 14.6 Å². The summed E-state index contributed by atoms with van der Waals surface area (Å²) >= 11 is 0. The highest BCUT2D eigenvalue weighted by Gasteiger charge is 2.11. The molecule has 106 valence electrons. The number of hydrogen-bond donors (Lipinski definition) is 1. The fraction of sp³-hybridized carbons (Fsp3) is 0.438. The molecular weight excluding hydrogens is 250 g/mol. The monoisotopic (exact) mass is 271 g/mol. The van der Waals surface area contributed by atoms with Crippen LogP contribution in [0.1, 0.15) is 24.0 Å². The molecule has 20 heavy (non-hydrogen) atoms. The van der Waals surface area contributed by atoms with Crippen molar-refractivity contribution in [1.82, 2.24) is 9.55 Å². The number of benzene rings is 1. The van der Waals surface area contributed by atoms with Gasteiger partial charge in [0.1, 0.15) is 0 Å². The predicted molar refractivity (Wildman–Crippen MR) is 80.5 cm³/mol. The van der Waals surface area contributed by atoms with Gasteiger partial charge in [-0.2, -0.15) is 0 Å². The van der Waals surface area contributed by atoms with Crippen LogP contribution in [0.15, 0.2) is 30.6 Å². The number of aromatic nitrogens is 2. The lowest BCUT2D eigenvalue weighted by molar-refractivity contribution is 0.190. The molecular formula is C16H21N3O. The van der Waals surface area contributed by atoms with Gasteiger partial charge in [-0.25, -0.2) is 4.98 Å². The maximum atomic E-state index is 5.09. The Labute approximate surface area is 119 Å². The first-order chi connectivity index (χ1) is 9.86. The summed E-state index contributed by atoms with van der Waals surface area (Å²) in [5.74, 6) is 0.902. The number of fused-ring (bicyclic) bond motifs is 1. The number of nitrogens with zero attached hydrogens (tertiary/aromatic N) is 2. The van der Waals surface area contributed by atoms with E-state index in [1.54, 1.807) is 7.11 Å². The maximum absolute atomic E-state index is 5.09. The zero-order valence-electron chi connectivity index (χ0n) is 11.9. The number of anilines is 2. The van der Waals surface area contributed by atoms with Crippen LogP contribution in [0.2, 0.25) is 0 Å². The molecule has 3 rings (SSSR count). The van der Waals surface area contributed by atoms with E-state index in [1.165, 1.54) is 30.4 Å². The number of aryl methyl sites for hydroxylation is 3. The first kappa shape index (κ1) is 13.2. The molecule has 4 heteroatoms. The summed E-state index contributed by atoms with van der Waals surface area (Å²) in [6.45, 7) is 1.69. The van der Waals surface area contributed by atoms with E-state index in [-0.39, 0.29) is 0 Å². The van der Waals surface area contributed by atoms with Crippen molar-refractivity contribution in [1.29, 1.82) is 0 Å². The van der Waals surface area contributed by atoms with Crippen LogP contribution in [0.3, 0.4) is 0 Å². The van der Waals surface area contributed by atoms with Gasteiger partial charge in [-0.3, -0.25) is 0 Å². The molecule has 0 radical (unpaired) electrons. The summed E-state index contributed by atoms with van der Waals surface area (Å²) in [6, 6.07) is 6.65. The van der Waals surface area contributed by atoms with Crippen molar-refractivity contribution < 1.29 is 4.74 Å². The summed E-state index contributed by atoms with van der Waals surface area (Å²) in [4.78, 5) is 4.39. The van der Waals surface area contributed by atoms with Crippen LogP contribution in [0.5, 0.6) is 0 Å². The largest absolute Gasteiger partial charge is 0.385 e. The van der Waals surface area contributed by atoms with Crippen molar-refractivity contribution in [3.05, 3.63) is 41.7 Å². The minimum Gasteiger partial charge on any atom is -0.385 e. The van der Waals surface area contributed by atoms with Crippen molar-refractivity contribution in [3.63, 3.8) is 0 Å². The van der Waals surface area contributed by atoms with Gasteiger partial charge in [0, 0.05) is 38.3 Å². The standard InChI is InChI=1S/C16H21N3O/c1-20-11-3-9-19-10-8-17-16(19)18-15-7-6-13-4-2-5-14(13)12-15/h6-8,10,12H,2-5,9,11H2,1H3,(H,17,18). The first-order valence-corrected chi connectivity index (χ1v) is 7.26. The fourth-order valence-electron chi connectivity index (χ4n) is 2.77. The second-order valence-electron chi connectivity index (χ2n) is 5.25.